The van der Waals surface area contributed by atoms with Crippen molar-refractivity contribution in [2.75, 3.05) is 31.5 Å². The van der Waals surface area contributed by atoms with Crippen LogP contribution < -0.4 is 10.6 Å². The molecule has 1 fully saturated rings. The van der Waals surface area contributed by atoms with Gasteiger partial charge in [-0.1, -0.05) is 6.07 Å². The number of aromatic amines is 1. The van der Waals surface area contributed by atoms with Gasteiger partial charge in [0.1, 0.15) is 17.7 Å². The summed E-state index contributed by atoms with van der Waals surface area (Å²) in [5.74, 6) is 1.39. The molecule has 0 unspecified atom stereocenters. The van der Waals surface area contributed by atoms with Crippen LogP contribution in [0.4, 0.5) is 11.8 Å². The first-order chi connectivity index (χ1) is 15.9. The van der Waals surface area contributed by atoms with Crippen molar-refractivity contribution in [1.82, 2.24) is 35.1 Å². The zero-order chi connectivity index (χ0) is 22.8. The fourth-order valence-electron chi connectivity index (χ4n) is 3.97. The minimum atomic E-state index is -1.03. The molecule has 0 atom stereocenters. The van der Waals surface area contributed by atoms with Gasteiger partial charge in [-0.2, -0.15) is 0 Å². The van der Waals surface area contributed by atoms with E-state index < -0.39 is 5.60 Å². The van der Waals surface area contributed by atoms with Gasteiger partial charge in [-0.3, -0.25) is 4.90 Å². The SMILES string of the molecule is CC(C)(O)c1cc(-c2ccc3nc(Nc4cc(CN5CCNCC5)ccn4)[nH]c3c2)ncn1. The molecular formula is C24H28N8O. The van der Waals surface area contributed by atoms with E-state index in [0.29, 0.717) is 11.6 Å². The Morgan fingerprint density at radius 1 is 1.06 bits per heavy atom. The lowest BCUT2D eigenvalue weighted by atomic mass is 10.0. The van der Waals surface area contributed by atoms with Gasteiger partial charge in [0.15, 0.2) is 0 Å². The maximum atomic E-state index is 10.3. The normalized spacial score (nSPS) is 15.1. The molecule has 0 spiro atoms. The molecule has 0 bridgehead atoms. The molecule has 9 nitrogen and oxygen atoms in total. The number of aliphatic hydroxyl groups is 1. The molecule has 1 aliphatic rings. The van der Waals surface area contributed by atoms with Gasteiger partial charge >= 0.3 is 0 Å². The van der Waals surface area contributed by atoms with Crippen LogP contribution in [0.1, 0.15) is 25.1 Å². The summed E-state index contributed by atoms with van der Waals surface area (Å²) in [5.41, 5.74) is 4.16. The number of rotatable bonds is 6. The van der Waals surface area contributed by atoms with Crippen LogP contribution in [-0.4, -0.2) is 61.1 Å². The van der Waals surface area contributed by atoms with Crippen molar-refractivity contribution >= 4 is 22.8 Å². The third kappa shape index (κ3) is 5.00. The Kier molecular flexibility index (Phi) is 5.76. The Bertz CT molecular complexity index is 1260. The zero-order valence-electron chi connectivity index (χ0n) is 18.8. The van der Waals surface area contributed by atoms with E-state index in [-0.39, 0.29) is 0 Å². The van der Waals surface area contributed by atoms with Crippen LogP contribution in [0.15, 0.2) is 48.9 Å². The molecule has 0 aliphatic carbocycles. The van der Waals surface area contributed by atoms with Gasteiger partial charge in [-0.15, -0.1) is 0 Å². The molecule has 33 heavy (non-hydrogen) atoms. The van der Waals surface area contributed by atoms with E-state index >= 15 is 0 Å². The second kappa shape index (κ2) is 8.86. The first-order valence-electron chi connectivity index (χ1n) is 11.1. The van der Waals surface area contributed by atoms with Gasteiger partial charge in [0, 0.05) is 44.5 Å². The second-order valence-electron chi connectivity index (χ2n) is 8.87. The average Bonchev–Trinajstić information content (AvgIpc) is 3.21. The summed E-state index contributed by atoms with van der Waals surface area (Å²) in [6.45, 7) is 8.51. The molecule has 4 heterocycles. The minimum absolute atomic E-state index is 0.575. The highest BCUT2D eigenvalue weighted by Gasteiger charge is 2.19. The highest BCUT2D eigenvalue weighted by molar-refractivity contribution is 5.83. The van der Waals surface area contributed by atoms with Crippen molar-refractivity contribution in [1.29, 1.82) is 0 Å². The maximum absolute atomic E-state index is 10.3. The van der Waals surface area contributed by atoms with Crippen LogP contribution in [0.25, 0.3) is 22.3 Å². The maximum Gasteiger partial charge on any atom is 0.206 e. The van der Waals surface area contributed by atoms with Crippen LogP contribution in [0.2, 0.25) is 0 Å². The summed E-state index contributed by atoms with van der Waals surface area (Å²) < 4.78 is 0. The molecule has 4 aromatic rings. The van der Waals surface area contributed by atoms with Crippen LogP contribution in [0.5, 0.6) is 0 Å². The van der Waals surface area contributed by atoms with Gasteiger partial charge in [0.2, 0.25) is 5.95 Å². The van der Waals surface area contributed by atoms with Crippen molar-refractivity contribution in [3.8, 4) is 11.3 Å². The second-order valence-corrected chi connectivity index (χ2v) is 8.87. The topological polar surface area (TPSA) is 115 Å². The van der Waals surface area contributed by atoms with E-state index in [1.165, 1.54) is 11.9 Å². The summed E-state index contributed by atoms with van der Waals surface area (Å²) in [5, 5.41) is 16.9. The Labute approximate surface area is 192 Å². The number of anilines is 2. The van der Waals surface area contributed by atoms with Gasteiger partial charge in [-0.05, 0) is 49.7 Å². The summed E-state index contributed by atoms with van der Waals surface area (Å²) in [6.07, 6.45) is 3.31. The van der Waals surface area contributed by atoms with Crippen molar-refractivity contribution < 1.29 is 5.11 Å². The number of imidazole rings is 1. The van der Waals surface area contributed by atoms with Gasteiger partial charge in [0.25, 0.3) is 0 Å². The molecule has 1 aliphatic heterocycles. The number of aromatic nitrogens is 5. The molecule has 3 aromatic heterocycles. The number of fused-ring (bicyclic) bond motifs is 1. The quantitative estimate of drug-likeness (QED) is 0.359. The Hall–Kier alpha value is -3.40. The third-order valence-corrected chi connectivity index (χ3v) is 5.76. The van der Waals surface area contributed by atoms with E-state index in [1.54, 1.807) is 13.8 Å². The molecule has 5 rings (SSSR count). The fraction of sp³-hybridized carbons (Fsp3) is 0.333. The van der Waals surface area contributed by atoms with E-state index in [0.717, 1.165) is 60.8 Å². The molecule has 4 N–H and O–H groups in total. The van der Waals surface area contributed by atoms with Crippen LogP contribution in [0, 0.1) is 0 Å². The minimum Gasteiger partial charge on any atom is -0.384 e. The van der Waals surface area contributed by atoms with Crippen LogP contribution in [-0.2, 0) is 12.1 Å². The Morgan fingerprint density at radius 2 is 1.91 bits per heavy atom. The van der Waals surface area contributed by atoms with E-state index in [1.807, 2.05) is 30.5 Å². The lowest BCUT2D eigenvalue weighted by molar-refractivity contribution is 0.0737. The zero-order valence-corrected chi connectivity index (χ0v) is 18.8. The third-order valence-electron chi connectivity index (χ3n) is 5.76. The molecule has 1 saturated heterocycles. The molecular weight excluding hydrogens is 416 g/mol. The molecule has 9 heteroatoms. The highest BCUT2D eigenvalue weighted by atomic mass is 16.3. The van der Waals surface area contributed by atoms with Crippen LogP contribution >= 0.6 is 0 Å². The number of piperazine rings is 1. The first-order valence-corrected chi connectivity index (χ1v) is 11.1. The smallest absolute Gasteiger partial charge is 0.206 e. The molecule has 0 saturated carbocycles. The largest absolute Gasteiger partial charge is 0.384 e. The lowest BCUT2D eigenvalue weighted by Crippen LogP contribution is -2.42. The number of nitrogens with one attached hydrogen (secondary N) is 3. The number of hydrogen-bond donors (Lipinski definition) is 4. The number of hydrogen-bond acceptors (Lipinski definition) is 8. The van der Waals surface area contributed by atoms with E-state index in [4.69, 9.17) is 0 Å². The van der Waals surface area contributed by atoms with E-state index in [2.05, 4.69) is 52.6 Å². The monoisotopic (exact) mass is 444 g/mol. The summed E-state index contributed by atoms with van der Waals surface area (Å²) >= 11 is 0. The van der Waals surface area contributed by atoms with E-state index in [9.17, 15) is 5.11 Å². The molecule has 1 aromatic carbocycles. The molecule has 170 valence electrons. The van der Waals surface area contributed by atoms with Gasteiger partial charge in [-0.25, -0.2) is 19.9 Å². The predicted molar refractivity (Wildman–Crippen MR) is 128 cm³/mol. The average molecular weight is 445 g/mol. The number of nitrogens with zero attached hydrogens (tertiary/aromatic N) is 5. The highest BCUT2D eigenvalue weighted by Crippen LogP contribution is 2.26. The van der Waals surface area contributed by atoms with Gasteiger partial charge in [0.05, 0.1) is 22.4 Å². The Morgan fingerprint density at radius 3 is 2.73 bits per heavy atom. The van der Waals surface area contributed by atoms with Crippen molar-refractivity contribution in [3.63, 3.8) is 0 Å². The molecule has 0 amide bonds. The van der Waals surface area contributed by atoms with Gasteiger partial charge < -0.3 is 20.7 Å². The molecule has 0 radical (unpaired) electrons. The fourth-order valence-corrected chi connectivity index (χ4v) is 3.97. The number of H-pyrrole nitrogens is 1. The lowest BCUT2D eigenvalue weighted by Gasteiger charge is -2.27. The van der Waals surface area contributed by atoms with Crippen molar-refractivity contribution in [2.45, 2.75) is 26.0 Å². The summed E-state index contributed by atoms with van der Waals surface area (Å²) in [4.78, 5) is 23.4. The standard InChI is InChI=1S/C24H28N8O/c1-24(2,33)21-13-19(27-15-28-21)17-3-4-18-20(12-17)30-23(29-18)31-22-11-16(5-6-26-22)14-32-9-7-25-8-10-32/h3-6,11-13,15,25,33H,7-10,14H2,1-2H3,(H2,26,29,30,31). The summed E-state index contributed by atoms with van der Waals surface area (Å²) in [7, 11) is 0. The Balaban J connectivity index is 1.35. The van der Waals surface area contributed by atoms with Crippen LogP contribution in [0.3, 0.4) is 0 Å². The first kappa shape index (κ1) is 21.4. The van der Waals surface area contributed by atoms with Crippen molar-refractivity contribution in [2.24, 2.45) is 0 Å². The predicted octanol–water partition coefficient (Wildman–Crippen LogP) is 2.79. The summed E-state index contributed by atoms with van der Waals surface area (Å²) in [6, 6.07) is 11.9. The number of benzene rings is 1. The number of pyridine rings is 1. The van der Waals surface area contributed by atoms with Crippen molar-refractivity contribution in [3.05, 3.63) is 60.2 Å².